The van der Waals surface area contributed by atoms with Crippen molar-refractivity contribution in [2.45, 2.75) is 52.1 Å². The van der Waals surface area contributed by atoms with Gasteiger partial charge in [0.2, 0.25) is 0 Å². The smallest absolute Gasteiger partial charge is 0.303 e. The lowest BCUT2D eigenvalue weighted by atomic mass is 9.95. The van der Waals surface area contributed by atoms with Crippen molar-refractivity contribution in [1.29, 1.82) is 0 Å². The molecule has 0 amide bonds. The van der Waals surface area contributed by atoms with Crippen LogP contribution in [0.15, 0.2) is 12.2 Å². The molecular formula is C14H18O8. The van der Waals surface area contributed by atoms with Crippen molar-refractivity contribution in [3.8, 4) is 0 Å². The summed E-state index contributed by atoms with van der Waals surface area (Å²) in [5, 5.41) is 0. The van der Waals surface area contributed by atoms with Crippen molar-refractivity contribution < 1.29 is 38.1 Å². The Kier molecular flexibility index (Phi) is 6.09. The van der Waals surface area contributed by atoms with Gasteiger partial charge in [0, 0.05) is 27.7 Å². The van der Waals surface area contributed by atoms with Crippen molar-refractivity contribution in [3.63, 3.8) is 0 Å². The van der Waals surface area contributed by atoms with Crippen LogP contribution in [0, 0.1) is 0 Å². The first-order valence-electron chi connectivity index (χ1n) is 6.58. The Bertz CT molecular complexity index is 451. The van der Waals surface area contributed by atoms with E-state index in [-0.39, 0.29) is 0 Å². The van der Waals surface area contributed by atoms with Gasteiger partial charge in [-0.15, -0.1) is 0 Å². The van der Waals surface area contributed by atoms with Gasteiger partial charge in [0.15, 0.2) is 24.4 Å². The van der Waals surface area contributed by atoms with Crippen LogP contribution in [0.5, 0.6) is 0 Å². The minimum absolute atomic E-state index is 0.598. The van der Waals surface area contributed by atoms with Gasteiger partial charge in [0.25, 0.3) is 0 Å². The zero-order valence-electron chi connectivity index (χ0n) is 12.7. The first-order valence-corrected chi connectivity index (χ1v) is 6.58. The standard InChI is InChI=1S/C14H18O8/c1-7(15)19-11-5-6-12(20-8(2)16)14(22-10(4)18)13(11)21-9(3)17/h5-6,11-14H,1-4H3/t11-,12-,13+,14+/m0/s1. The van der Waals surface area contributed by atoms with Gasteiger partial charge in [-0.2, -0.15) is 0 Å². The topological polar surface area (TPSA) is 105 Å². The largest absolute Gasteiger partial charge is 0.454 e. The summed E-state index contributed by atoms with van der Waals surface area (Å²) in [6, 6.07) is 0. The molecule has 0 bridgehead atoms. The number of carbonyl (C=O) groups excluding carboxylic acids is 4. The molecule has 1 rings (SSSR count). The molecule has 0 heterocycles. The molecule has 8 nitrogen and oxygen atoms in total. The van der Waals surface area contributed by atoms with Crippen molar-refractivity contribution in [2.75, 3.05) is 0 Å². The first-order chi connectivity index (χ1) is 10.2. The van der Waals surface area contributed by atoms with E-state index in [0.29, 0.717) is 0 Å². The normalized spacial score (nSPS) is 26.7. The quantitative estimate of drug-likeness (QED) is 0.414. The first kappa shape index (κ1) is 17.7. The van der Waals surface area contributed by atoms with Crippen molar-refractivity contribution in [1.82, 2.24) is 0 Å². The molecule has 0 aromatic carbocycles. The molecule has 1 aliphatic rings. The summed E-state index contributed by atoms with van der Waals surface area (Å²) in [4.78, 5) is 44.8. The Labute approximate surface area is 127 Å². The third-order valence-corrected chi connectivity index (χ3v) is 2.67. The number of hydrogen-bond donors (Lipinski definition) is 0. The molecular weight excluding hydrogens is 296 g/mol. The van der Waals surface area contributed by atoms with Crippen LogP contribution in [-0.2, 0) is 38.1 Å². The monoisotopic (exact) mass is 314 g/mol. The van der Waals surface area contributed by atoms with Gasteiger partial charge >= 0.3 is 23.9 Å². The van der Waals surface area contributed by atoms with Gasteiger partial charge in [-0.05, 0) is 12.2 Å². The van der Waals surface area contributed by atoms with Gasteiger partial charge in [-0.1, -0.05) is 0 Å². The fourth-order valence-electron chi connectivity index (χ4n) is 2.06. The molecule has 1 aliphatic carbocycles. The maximum atomic E-state index is 11.3. The zero-order valence-corrected chi connectivity index (χ0v) is 12.7. The van der Waals surface area contributed by atoms with E-state index >= 15 is 0 Å². The number of esters is 4. The average Bonchev–Trinajstić information content (AvgIpc) is 2.34. The Morgan fingerprint density at radius 1 is 0.591 bits per heavy atom. The molecule has 0 fully saturated rings. The lowest BCUT2D eigenvalue weighted by molar-refractivity contribution is -0.193. The maximum Gasteiger partial charge on any atom is 0.303 e. The summed E-state index contributed by atoms with van der Waals surface area (Å²) in [7, 11) is 0. The molecule has 0 aliphatic heterocycles. The van der Waals surface area contributed by atoms with E-state index in [0.717, 1.165) is 13.8 Å². The summed E-state index contributed by atoms with van der Waals surface area (Å²) in [5.74, 6) is -2.51. The Balaban J connectivity index is 3.11. The number of carbonyl (C=O) groups is 4. The van der Waals surface area contributed by atoms with Crippen LogP contribution in [0.3, 0.4) is 0 Å². The Hall–Kier alpha value is -2.38. The van der Waals surface area contributed by atoms with Crippen LogP contribution in [0.1, 0.15) is 27.7 Å². The van der Waals surface area contributed by atoms with E-state index in [4.69, 9.17) is 18.9 Å². The second kappa shape index (κ2) is 7.58. The fourth-order valence-corrected chi connectivity index (χ4v) is 2.06. The van der Waals surface area contributed by atoms with Crippen molar-refractivity contribution in [2.24, 2.45) is 0 Å². The van der Waals surface area contributed by atoms with Crippen molar-refractivity contribution >= 4 is 23.9 Å². The average molecular weight is 314 g/mol. The number of hydrogen-bond acceptors (Lipinski definition) is 8. The van der Waals surface area contributed by atoms with Crippen LogP contribution in [0.4, 0.5) is 0 Å². The van der Waals surface area contributed by atoms with Crippen molar-refractivity contribution in [3.05, 3.63) is 12.2 Å². The molecule has 0 spiro atoms. The third-order valence-electron chi connectivity index (χ3n) is 2.67. The molecule has 0 N–H and O–H groups in total. The molecule has 0 saturated carbocycles. The van der Waals surface area contributed by atoms with E-state index < -0.39 is 48.3 Å². The molecule has 4 atom stereocenters. The van der Waals surface area contributed by atoms with E-state index in [1.54, 1.807) is 0 Å². The lowest BCUT2D eigenvalue weighted by Crippen LogP contribution is -2.53. The molecule has 122 valence electrons. The van der Waals surface area contributed by atoms with E-state index in [1.807, 2.05) is 0 Å². The van der Waals surface area contributed by atoms with Gasteiger partial charge in [-0.25, -0.2) is 0 Å². The minimum atomic E-state index is -1.11. The predicted molar refractivity (Wildman–Crippen MR) is 71.4 cm³/mol. The fraction of sp³-hybridized carbons (Fsp3) is 0.571. The summed E-state index contributed by atoms with van der Waals surface area (Å²) in [6.45, 7) is 4.71. The molecule has 0 aromatic heterocycles. The van der Waals surface area contributed by atoms with E-state index in [9.17, 15) is 19.2 Å². The van der Waals surface area contributed by atoms with Crippen LogP contribution < -0.4 is 0 Å². The van der Waals surface area contributed by atoms with Crippen LogP contribution in [-0.4, -0.2) is 48.3 Å². The number of rotatable bonds is 4. The molecule has 8 heteroatoms. The number of ether oxygens (including phenoxy) is 4. The molecule has 0 unspecified atom stereocenters. The Morgan fingerprint density at radius 2 is 0.864 bits per heavy atom. The molecule has 0 aromatic rings. The summed E-state index contributed by atoms with van der Waals surface area (Å²) < 4.78 is 20.3. The highest BCUT2D eigenvalue weighted by Gasteiger charge is 2.44. The van der Waals surface area contributed by atoms with Gasteiger partial charge in [0.05, 0.1) is 0 Å². The van der Waals surface area contributed by atoms with Gasteiger partial charge in [0.1, 0.15) is 0 Å². The molecule has 0 radical (unpaired) electrons. The predicted octanol–water partition coefficient (Wildman–Crippen LogP) is 0.283. The minimum Gasteiger partial charge on any atom is -0.454 e. The molecule has 0 saturated heterocycles. The van der Waals surface area contributed by atoms with Gasteiger partial charge in [-0.3, -0.25) is 19.2 Å². The zero-order chi connectivity index (χ0) is 16.9. The highest BCUT2D eigenvalue weighted by molar-refractivity contribution is 5.69. The summed E-state index contributed by atoms with van der Waals surface area (Å²) >= 11 is 0. The second-order valence-electron chi connectivity index (χ2n) is 4.68. The summed E-state index contributed by atoms with van der Waals surface area (Å²) in [6.07, 6.45) is -1.28. The SMILES string of the molecule is CC(=O)O[C@H]1[C@H](OC(C)=O)[C@@H](OC(C)=O)C=C[C@@H]1OC(C)=O. The van der Waals surface area contributed by atoms with E-state index in [2.05, 4.69) is 0 Å². The second-order valence-corrected chi connectivity index (χ2v) is 4.68. The molecule has 22 heavy (non-hydrogen) atoms. The highest BCUT2D eigenvalue weighted by atomic mass is 16.6. The Morgan fingerprint density at radius 3 is 1.09 bits per heavy atom. The summed E-state index contributed by atoms with van der Waals surface area (Å²) in [5.41, 5.74) is 0. The third kappa shape index (κ3) is 5.19. The van der Waals surface area contributed by atoms with E-state index in [1.165, 1.54) is 26.0 Å². The van der Waals surface area contributed by atoms with Crippen LogP contribution in [0.25, 0.3) is 0 Å². The van der Waals surface area contributed by atoms with Gasteiger partial charge < -0.3 is 18.9 Å². The highest BCUT2D eigenvalue weighted by Crippen LogP contribution is 2.25. The van der Waals surface area contributed by atoms with Crippen LogP contribution in [0.2, 0.25) is 0 Å². The lowest BCUT2D eigenvalue weighted by Gasteiger charge is -2.36. The maximum absolute atomic E-state index is 11.3. The van der Waals surface area contributed by atoms with Crippen LogP contribution >= 0.6 is 0 Å².